The Hall–Kier alpha value is -5.30. The van der Waals surface area contributed by atoms with Gasteiger partial charge < -0.3 is 25.4 Å². The van der Waals surface area contributed by atoms with Crippen LogP contribution in [0.1, 0.15) is 79.2 Å². The van der Waals surface area contributed by atoms with Crippen LogP contribution in [0, 0.1) is 13.8 Å². The van der Waals surface area contributed by atoms with E-state index in [0.717, 1.165) is 22.0 Å². The van der Waals surface area contributed by atoms with Crippen LogP contribution in [-0.2, 0) is 12.8 Å². The van der Waals surface area contributed by atoms with Gasteiger partial charge in [0.2, 0.25) is 0 Å². The second-order valence-corrected chi connectivity index (χ2v) is 10.9. The largest absolute Gasteiger partial charge is 0.507 e. The van der Waals surface area contributed by atoms with Crippen molar-refractivity contribution in [2.75, 3.05) is 0 Å². The highest BCUT2D eigenvalue weighted by molar-refractivity contribution is 5.99. The van der Waals surface area contributed by atoms with Gasteiger partial charge in [0.25, 0.3) is 0 Å². The molecule has 5 aromatic rings. The molecule has 0 amide bonds. The van der Waals surface area contributed by atoms with Gasteiger partial charge in [-0.05, 0) is 79.8 Å². The number of benzene rings is 4. The first-order valence-corrected chi connectivity index (χ1v) is 13.9. The van der Waals surface area contributed by atoms with Crippen LogP contribution in [0.3, 0.4) is 0 Å². The molecule has 1 aromatic heterocycles. The predicted molar refractivity (Wildman–Crippen MR) is 168 cm³/mol. The van der Waals surface area contributed by atoms with Crippen molar-refractivity contribution in [2.24, 2.45) is 0 Å². The minimum atomic E-state index is -0.333. The molecule has 7 nitrogen and oxygen atoms in total. The van der Waals surface area contributed by atoms with Crippen LogP contribution in [-0.4, -0.2) is 37.0 Å². The number of aryl methyl sites for hydroxylation is 2. The molecule has 5 rings (SSSR count). The minimum Gasteiger partial charge on any atom is -0.507 e. The third kappa shape index (κ3) is 5.62. The van der Waals surface area contributed by atoms with Crippen LogP contribution in [0.15, 0.2) is 60.7 Å². The van der Waals surface area contributed by atoms with Gasteiger partial charge in [-0.15, -0.1) is 0 Å². The third-order valence-corrected chi connectivity index (χ3v) is 7.87. The number of aromatic hydroxyl groups is 4. The zero-order chi connectivity index (χ0) is 31.0. The maximum Gasteiger partial charge on any atom is 0.163 e. The molecule has 7 heteroatoms. The Bertz CT molecular complexity index is 1930. The summed E-state index contributed by atoms with van der Waals surface area (Å²) in [5, 5.41) is 44.8. The van der Waals surface area contributed by atoms with E-state index < -0.39 is 0 Å². The normalized spacial score (nSPS) is 11.4. The standard InChI is InChI=1S/C36H33NO6/c1-19-14-25(21(3)38)35(42)29(33(19)40)17-28-27-16-24(11-10-23-8-6-5-7-9-23)12-13-31(27)37-32(28)18-30-34(41)20(2)15-26(22(4)39)36(30)43/h5-16,37,40-43H,17-18H2,1-4H3/b11-10+. The maximum atomic E-state index is 12.3. The summed E-state index contributed by atoms with van der Waals surface area (Å²) in [6.45, 7) is 6.03. The number of nitrogens with one attached hydrogen (secondary N) is 1. The quantitative estimate of drug-likeness (QED) is 0.0970. The van der Waals surface area contributed by atoms with E-state index in [4.69, 9.17) is 0 Å². The Morgan fingerprint density at radius 1 is 0.651 bits per heavy atom. The molecule has 0 unspecified atom stereocenters. The van der Waals surface area contributed by atoms with Gasteiger partial charge in [0.15, 0.2) is 11.6 Å². The topological polar surface area (TPSA) is 131 Å². The van der Waals surface area contributed by atoms with Crippen LogP contribution in [0.5, 0.6) is 23.0 Å². The average molecular weight is 576 g/mol. The Kier molecular flexibility index (Phi) is 7.83. The van der Waals surface area contributed by atoms with Gasteiger partial charge in [-0.25, -0.2) is 0 Å². The molecule has 0 bridgehead atoms. The molecular formula is C36H33NO6. The van der Waals surface area contributed by atoms with Crippen molar-refractivity contribution < 1.29 is 30.0 Å². The molecule has 0 saturated heterocycles. The second kappa shape index (κ2) is 11.5. The van der Waals surface area contributed by atoms with Crippen molar-refractivity contribution in [2.45, 2.75) is 40.5 Å². The zero-order valence-corrected chi connectivity index (χ0v) is 24.4. The van der Waals surface area contributed by atoms with Gasteiger partial charge >= 0.3 is 0 Å². The van der Waals surface area contributed by atoms with Gasteiger partial charge in [-0.1, -0.05) is 48.6 Å². The molecule has 0 aliphatic heterocycles. The van der Waals surface area contributed by atoms with Gasteiger partial charge in [0, 0.05) is 40.6 Å². The highest BCUT2D eigenvalue weighted by atomic mass is 16.3. The fraction of sp³-hybridized carbons (Fsp3) is 0.167. The highest BCUT2D eigenvalue weighted by Crippen LogP contribution is 2.41. The van der Waals surface area contributed by atoms with Crippen molar-refractivity contribution in [3.8, 4) is 23.0 Å². The first-order valence-electron chi connectivity index (χ1n) is 13.9. The minimum absolute atomic E-state index is 0.0335. The lowest BCUT2D eigenvalue weighted by Crippen LogP contribution is -2.03. The van der Waals surface area contributed by atoms with Crippen LogP contribution in [0.4, 0.5) is 0 Å². The van der Waals surface area contributed by atoms with Crippen molar-refractivity contribution in [3.05, 3.63) is 116 Å². The van der Waals surface area contributed by atoms with Crippen molar-refractivity contribution in [1.29, 1.82) is 0 Å². The van der Waals surface area contributed by atoms with Crippen molar-refractivity contribution in [1.82, 2.24) is 4.98 Å². The molecule has 1 heterocycles. The number of carbonyl (C=O) groups excluding carboxylic acids is 2. The van der Waals surface area contributed by atoms with Gasteiger partial charge in [-0.3, -0.25) is 9.59 Å². The fourth-order valence-corrected chi connectivity index (χ4v) is 5.49. The lowest BCUT2D eigenvalue weighted by atomic mass is 9.92. The average Bonchev–Trinajstić information content (AvgIpc) is 3.32. The molecule has 218 valence electrons. The van der Waals surface area contributed by atoms with E-state index in [1.54, 1.807) is 13.8 Å². The van der Waals surface area contributed by atoms with Crippen LogP contribution in [0.2, 0.25) is 0 Å². The summed E-state index contributed by atoms with van der Waals surface area (Å²) in [6.07, 6.45) is 4.06. The summed E-state index contributed by atoms with van der Waals surface area (Å²) in [5.41, 5.74) is 5.50. The number of Topliss-reactive ketones (excluding diaryl/α,β-unsaturated/α-hetero) is 2. The summed E-state index contributed by atoms with van der Waals surface area (Å²) in [7, 11) is 0. The number of H-pyrrole nitrogens is 1. The monoisotopic (exact) mass is 575 g/mol. The Morgan fingerprint density at radius 3 is 1.74 bits per heavy atom. The Balaban J connectivity index is 1.71. The molecule has 4 aromatic carbocycles. The number of phenols is 4. The van der Waals surface area contributed by atoms with E-state index in [1.807, 2.05) is 60.7 Å². The predicted octanol–water partition coefficient (Wildman–Crippen LogP) is 7.36. The first kappa shape index (κ1) is 29.2. The smallest absolute Gasteiger partial charge is 0.163 e. The number of rotatable bonds is 8. The van der Waals surface area contributed by atoms with Crippen molar-refractivity contribution >= 4 is 34.6 Å². The molecule has 0 aliphatic rings. The van der Waals surface area contributed by atoms with E-state index >= 15 is 0 Å². The number of ketones is 2. The second-order valence-electron chi connectivity index (χ2n) is 10.9. The number of phenolic OH excluding ortho intramolecular Hbond substituents is 4. The van der Waals surface area contributed by atoms with Gasteiger partial charge in [0.05, 0.1) is 11.1 Å². The van der Waals surface area contributed by atoms with E-state index in [2.05, 4.69) is 4.98 Å². The summed E-state index contributed by atoms with van der Waals surface area (Å²) >= 11 is 0. The molecule has 0 radical (unpaired) electrons. The SMILES string of the molecule is CC(=O)c1cc(C)c(O)c(Cc2[nH]c3ccc(/C=C/c4ccccc4)cc3c2Cc2c(O)c(C)cc(C(C)=O)c2O)c1O. The molecule has 43 heavy (non-hydrogen) atoms. The Morgan fingerprint density at radius 2 is 1.19 bits per heavy atom. The number of hydrogen-bond donors (Lipinski definition) is 5. The van der Waals surface area contributed by atoms with Crippen molar-refractivity contribution in [3.63, 3.8) is 0 Å². The fourth-order valence-electron chi connectivity index (χ4n) is 5.49. The maximum absolute atomic E-state index is 12.3. The lowest BCUT2D eigenvalue weighted by Gasteiger charge is -2.16. The molecular weight excluding hydrogens is 542 g/mol. The van der Waals surface area contributed by atoms with E-state index in [1.165, 1.54) is 26.0 Å². The summed E-state index contributed by atoms with van der Waals surface area (Å²) in [4.78, 5) is 27.9. The summed E-state index contributed by atoms with van der Waals surface area (Å²) < 4.78 is 0. The third-order valence-electron chi connectivity index (χ3n) is 7.87. The zero-order valence-electron chi connectivity index (χ0n) is 24.4. The summed E-state index contributed by atoms with van der Waals surface area (Å²) in [6, 6.07) is 18.7. The van der Waals surface area contributed by atoms with Crippen LogP contribution in [0.25, 0.3) is 23.1 Å². The number of fused-ring (bicyclic) bond motifs is 1. The number of hydrogen-bond acceptors (Lipinski definition) is 6. The molecule has 0 saturated carbocycles. The Labute approximate surface area is 249 Å². The first-order chi connectivity index (χ1) is 20.5. The van der Waals surface area contributed by atoms with E-state index in [-0.39, 0.29) is 69.7 Å². The molecule has 5 N–H and O–H groups in total. The van der Waals surface area contributed by atoms with E-state index in [9.17, 15) is 30.0 Å². The van der Waals surface area contributed by atoms with Crippen LogP contribution >= 0.6 is 0 Å². The van der Waals surface area contributed by atoms with Gasteiger partial charge in [0.1, 0.15) is 23.0 Å². The number of carbonyl (C=O) groups is 2. The molecule has 0 spiro atoms. The molecule has 0 fully saturated rings. The number of aromatic amines is 1. The van der Waals surface area contributed by atoms with Crippen LogP contribution < -0.4 is 0 Å². The molecule has 0 aliphatic carbocycles. The van der Waals surface area contributed by atoms with E-state index in [0.29, 0.717) is 22.4 Å². The van der Waals surface area contributed by atoms with Gasteiger partial charge in [-0.2, -0.15) is 0 Å². The lowest BCUT2D eigenvalue weighted by molar-refractivity contribution is 0.100. The number of aromatic nitrogens is 1. The summed E-state index contributed by atoms with van der Waals surface area (Å²) in [5.74, 6) is -1.51. The highest BCUT2D eigenvalue weighted by Gasteiger charge is 2.24. The molecule has 0 atom stereocenters.